The Balaban J connectivity index is 1.95. The van der Waals surface area contributed by atoms with E-state index in [4.69, 9.17) is 30.5 Å². The number of ether oxygens (including phenoxy) is 4. The molecule has 3 rings (SSSR count). The molecule has 0 aliphatic carbocycles. The van der Waals surface area contributed by atoms with Crippen LogP contribution in [0.2, 0.25) is 5.02 Å². The molecule has 0 saturated carbocycles. The smallest absolute Gasteiger partial charge is 0.338 e. The first-order chi connectivity index (χ1) is 18.6. The highest BCUT2D eigenvalue weighted by Crippen LogP contribution is 2.33. The lowest BCUT2D eigenvalue weighted by Gasteiger charge is -2.25. The Labute approximate surface area is 232 Å². The molecule has 0 saturated heterocycles. The largest absolute Gasteiger partial charge is 0.494 e. The summed E-state index contributed by atoms with van der Waals surface area (Å²) in [4.78, 5) is 25.0. The van der Waals surface area contributed by atoms with Crippen molar-refractivity contribution in [2.75, 3.05) is 43.6 Å². The second-order valence-electron chi connectivity index (χ2n) is 7.92. The standard InChI is InChI=1S/C27H29ClN2O8S/c1-5-37-20-10-8-19(9-11-20)30(39(33,34)21-12-14-24(35-3)25(16-21)36-4)17-26(31)29-23-13-7-18(15-22(23)28)27(32)38-6-2/h7-16H,5-6,17H2,1-4H3,(H,29,31). The molecule has 0 atom stereocenters. The van der Waals surface area contributed by atoms with Crippen molar-refractivity contribution < 1.29 is 37.0 Å². The van der Waals surface area contributed by atoms with Crippen LogP contribution in [0.1, 0.15) is 24.2 Å². The lowest BCUT2D eigenvalue weighted by molar-refractivity contribution is -0.114. The van der Waals surface area contributed by atoms with Gasteiger partial charge in [0.1, 0.15) is 12.3 Å². The normalized spacial score (nSPS) is 10.9. The number of esters is 1. The van der Waals surface area contributed by atoms with Gasteiger partial charge in [-0.25, -0.2) is 13.2 Å². The van der Waals surface area contributed by atoms with Crippen molar-refractivity contribution in [3.63, 3.8) is 0 Å². The number of benzene rings is 3. The van der Waals surface area contributed by atoms with Gasteiger partial charge in [-0.15, -0.1) is 0 Å². The molecule has 3 aromatic rings. The highest BCUT2D eigenvalue weighted by Gasteiger charge is 2.29. The summed E-state index contributed by atoms with van der Waals surface area (Å²) in [6.07, 6.45) is 0. The summed E-state index contributed by atoms with van der Waals surface area (Å²) in [6.45, 7) is 3.56. The zero-order valence-electron chi connectivity index (χ0n) is 21.9. The fraction of sp³-hybridized carbons (Fsp3) is 0.259. The van der Waals surface area contributed by atoms with Gasteiger partial charge in [-0.3, -0.25) is 9.10 Å². The molecule has 12 heteroatoms. The molecule has 208 valence electrons. The Morgan fingerprint density at radius 2 is 1.59 bits per heavy atom. The maximum absolute atomic E-state index is 13.8. The predicted octanol–water partition coefficient (Wildman–Crippen LogP) is 4.77. The van der Waals surface area contributed by atoms with Crippen molar-refractivity contribution in [1.29, 1.82) is 0 Å². The third-order valence-electron chi connectivity index (χ3n) is 5.42. The summed E-state index contributed by atoms with van der Waals surface area (Å²) >= 11 is 6.27. The minimum Gasteiger partial charge on any atom is -0.494 e. The fourth-order valence-corrected chi connectivity index (χ4v) is 5.24. The number of rotatable bonds is 12. The van der Waals surface area contributed by atoms with E-state index in [-0.39, 0.29) is 39.2 Å². The number of nitrogens with zero attached hydrogens (tertiary/aromatic N) is 1. The Hall–Kier alpha value is -3.96. The number of hydrogen-bond acceptors (Lipinski definition) is 8. The molecule has 0 aliphatic rings. The first-order valence-electron chi connectivity index (χ1n) is 11.9. The molecule has 0 bridgehead atoms. The van der Waals surface area contributed by atoms with Gasteiger partial charge in [-0.2, -0.15) is 0 Å². The first-order valence-corrected chi connectivity index (χ1v) is 13.7. The quantitative estimate of drug-likeness (QED) is 0.306. The monoisotopic (exact) mass is 576 g/mol. The molecule has 0 unspecified atom stereocenters. The summed E-state index contributed by atoms with van der Waals surface area (Å²) < 4.78 is 49.4. The molecule has 0 heterocycles. The molecule has 0 fully saturated rings. The summed E-state index contributed by atoms with van der Waals surface area (Å²) in [5.41, 5.74) is 0.643. The van der Waals surface area contributed by atoms with E-state index in [2.05, 4.69) is 5.32 Å². The minimum atomic E-state index is -4.26. The van der Waals surface area contributed by atoms with E-state index in [1.807, 2.05) is 6.92 Å². The van der Waals surface area contributed by atoms with Gasteiger partial charge in [0.05, 0.1) is 54.3 Å². The number of carbonyl (C=O) groups is 2. The second-order valence-corrected chi connectivity index (χ2v) is 10.2. The van der Waals surface area contributed by atoms with Gasteiger partial charge in [0.15, 0.2) is 11.5 Å². The predicted molar refractivity (Wildman–Crippen MR) is 148 cm³/mol. The van der Waals surface area contributed by atoms with Crippen LogP contribution in [0.4, 0.5) is 11.4 Å². The summed E-state index contributed by atoms with van der Waals surface area (Å²) in [5, 5.41) is 2.69. The highest BCUT2D eigenvalue weighted by atomic mass is 35.5. The summed E-state index contributed by atoms with van der Waals surface area (Å²) in [7, 11) is -1.43. The maximum atomic E-state index is 13.8. The zero-order valence-corrected chi connectivity index (χ0v) is 23.5. The second kappa shape index (κ2) is 13.2. The summed E-state index contributed by atoms with van der Waals surface area (Å²) in [5.74, 6) is -0.118. The molecule has 0 aromatic heterocycles. The van der Waals surface area contributed by atoms with E-state index in [1.54, 1.807) is 19.1 Å². The Kier molecular flexibility index (Phi) is 10.0. The van der Waals surface area contributed by atoms with Crippen molar-refractivity contribution in [3.05, 3.63) is 71.2 Å². The highest BCUT2D eigenvalue weighted by molar-refractivity contribution is 7.92. The number of amides is 1. The maximum Gasteiger partial charge on any atom is 0.338 e. The lowest BCUT2D eigenvalue weighted by Crippen LogP contribution is -2.38. The number of anilines is 2. The third kappa shape index (κ3) is 7.12. The third-order valence-corrected chi connectivity index (χ3v) is 7.50. The van der Waals surface area contributed by atoms with E-state index in [0.717, 1.165) is 4.31 Å². The van der Waals surface area contributed by atoms with Crippen LogP contribution in [-0.2, 0) is 19.6 Å². The van der Waals surface area contributed by atoms with Gasteiger partial charge in [0.2, 0.25) is 5.91 Å². The molecule has 0 spiro atoms. The van der Waals surface area contributed by atoms with Gasteiger partial charge >= 0.3 is 5.97 Å². The van der Waals surface area contributed by atoms with Crippen LogP contribution in [-0.4, -0.2) is 54.3 Å². The molecular weight excluding hydrogens is 548 g/mol. The molecule has 0 aliphatic heterocycles. The van der Waals surface area contributed by atoms with Crippen LogP contribution < -0.4 is 23.8 Å². The Morgan fingerprint density at radius 1 is 0.897 bits per heavy atom. The van der Waals surface area contributed by atoms with Gasteiger partial charge in [0, 0.05) is 6.07 Å². The van der Waals surface area contributed by atoms with E-state index < -0.39 is 28.4 Å². The summed E-state index contributed by atoms with van der Waals surface area (Å²) in [6, 6.07) is 14.7. The molecule has 0 radical (unpaired) electrons. The van der Waals surface area contributed by atoms with Crippen LogP contribution in [0.5, 0.6) is 17.2 Å². The van der Waals surface area contributed by atoms with Crippen molar-refractivity contribution in [2.45, 2.75) is 18.7 Å². The minimum absolute atomic E-state index is 0.0873. The number of halogens is 1. The molecule has 39 heavy (non-hydrogen) atoms. The van der Waals surface area contributed by atoms with Crippen molar-refractivity contribution in [3.8, 4) is 17.2 Å². The van der Waals surface area contributed by atoms with Gasteiger partial charge < -0.3 is 24.3 Å². The number of carbonyl (C=O) groups excluding carboxylic acids is 2. The van der Waals surface area contributed by atoms with E-state index >= 15 is 0 Å². The molecule has 1 N–H and O–H groups in total. The van der Waals surface area contributed by atoms with Gasteiger partial charge in [-0.05, 0) is 68.4 Å². The fourth-order valence-electron chi connectivity index (χ4n) is 3.57. The molecular formula is C27H29ClN2O8S. The molecule has 1 amide bonds. The average Bonchev–Trinajstić information content (AvgIpc) is 2.93. The van der Waals surface area contributed by atoms with E-state index in [9.17, 15) is 18.0 Å². The number of methoxy groups -OCH3 is 2. The lowest BCUT2D eigenvalue weighted by atomic mass is 10.2. The molecule has 10 nitrogen and oxygen atoms in total. The van der Waals surface area contributed by atoms with Crippen molar-refractivity contribution in [2.24, 2.45) is 0 Å². The van der Waals surface area contributed by atoms with Gasteiger partial charge in [0.25, 0.3) is 10.0 Å². The van der Waals surface area contributed by atoms with Gasteiger partial charge in [-0.1, -0.05) is 11.6 Å². The number of hydrogen-bond donors (Lipinski definition) is 1. The topological polar surface area (TPSA) is 120 Å². The van der Waals surface area contributed by atoms with Crippen LogP contribution >= 0.6 is 11.6 Å². The van der Waals surface area contributed by atoms with Crippen LogP contribution in [0.3, 0.4) is 0 Å². The van der Waals surface area contributed by atoms with Crippen molar-refractivity contribution in [1.82, 2.24) is 0 Å². The first kappa shape index (κ1) is 29.6. The molecule has 3 aromatic carbocycles. The Morgan fingerprint density at radius 3 is 2.18 bits per heavy atom. The average molecular weight is 577 g/mol. The Bertz CT molecular complexity index is 1430. The van der Waals surface area contributed by atoms with Crippen LogP contribution in [0.15, 0.2) is 65.6 Å². The number of sulfonamides is 1. The van der Waals surface area contributed by atoms with Crippen LogP contribution in [0.25, 0.3) is 0 Å². The number of nitrogens with one attached hydrogen (secondary N) is 1. The van der Waals surface area contributed by atoms with Crippen LogP contribution in [0, 0.1) is 0 Å². The van der Waals surface area contributed by atoms with E-state index in [1.165, 1.54) is 62.8 Å². The van der Waals surface area contributed by atoms with Crippen molar-refractivity contribution >= 4 is 44.9 Å². The van der Waals surface area contributed by atoms with E-state index in [0.29, 0.717) is 18.1 Å². The zero-order chi connectivity index (χ0) is 28.6. The SMILES string of the molecule is CCOC(=O)c1ccc(NC(=O)CN(c2ccc(OCC)cc2)S(=O)(=O)c2ccc(OC)c(OC)c2)c(Cl)c1.